The topological polar surface area (TPSA) is 96.7 Å². The first kappa shape index (κ1) is 20.2. The minimum atomic E-state index is -0.298. The first-order chi connectivity index (χ1) is 12.6. The molecule has 0 radical (unpaired) electrons. The van der Waals surface area contributed by atoms with Crippen LogP contribution in [0.1, 0.15) is 51.2 Å². The summed E-state index contributed by atoms with van der Waals surface area (Å²) in [5, 5.41) is 9.46. The van der Waals surface area contributed by atoms with Gasteiger partial charge in [0.1, 0.15) is 12.3 Å². The molecule has 8 heteroatoms. The van der Waals surface area contributed by atoms with Gasteiger partial charge in [0.05, 0.1) is 0 Å². The number of nitrogens with zero attached hydrogens (tertiary/aromatic N) is 2. The smallest absolute Gasteiger partial charge is 0.318 e. The van der Waals surface area contributed by atoms with Gasteiger partial charge in [-0.1, -0.05) is 24.4 Å². The van der Waals surface area contributed by atoms with Crippen molar-refractivity contribution in [2.75, 3.05) is 31.6 Å². The highest BCUT2D eigenvalue weighted by molar-refractivity contribution is 5.93. The molecule has 2 N–H and O–H groups in total. The molecule has 8 nitrogen and oxygen atoms in total. The second kappa shape index (κ2) is 10.8. The molecule has 1 heterocycles. The number of anilines is 1. The van der Waals surface area contributed by atoms with E-state index in [-0.39, 0.29) is 24.5 Å². The number of amides is 3. The van der Waals surface area contributed by atoms with Gasteiger partial charge in [-0.15, -0.1) is 0 Å². The van der Waals surface area contributed by atoms with Crippen molar-refractivity contribution in [3.63, 3.8) is 0 Å². The number of aromatic nitrogens is 1. The summed E-state index contributed by atoms with van der Waals surface area (Å²) in [6, 6.07) is 1.64. The van der Waals surface area contributed by atoms with Crippen molar-refractivity contribution in [2.24, 2.45) is 0 Å². The highest BCUT2D eigenvalue weighted by Crippen LogP contribution is 2.17. The van der Waals surface area contributed by atoms with E-state index in [2.05, 4.69) is 15.8 Å². The fourth-order valence-electron chi connectivity index (χ4n) is 3.05. The predicted octanol–water partition coefficient (Wildman–Crippen LogP) is 2.69. The van der Waals surface area contributed by atoms with Crippen LogP contribution in [0.25, 0.3) is 0 Å². The lowest BCUT2D eigenvalue weighted by molar-refractivity contribution is -0.116. The van der Waals surface area contributed by atoms with E-state index >= 15 is 0 Å². The minimum absolute atomic E-state index is 0.0312. The molecule has 1 aromatic heterocycles. The fourth-order valence-corrected chi connectivity index (χ4v) is 3.05. The molecule has 0 aliphatic heterocycles. The van der Waals surface area contributed by atoms with Crippen molar-refractivity contribution in [3.8, 4) is 0 Å². The predicted molar refractivity (Wildman–Crippen MR) is 98.0 cm³/mol. The number of hydrogen-bond acceptors (Lipinski definition) is 5. The van der Waals surface area contributed by atoms with Crippen LogP contribution in [0.15, 0.2) is 10.6 Å². The Hall–Kier alpha value is -2.09. The van der Waals surface area contributed by atoms with E-state index in [0.29, 0.717) is 37.8 Å². The number of aryl methyl sites for hydroxylation is 1. The molecule has 3 amide bonds. The van der Waals surface area contributed by atoms with Crippen molar-refractivity contribution >= 4 is 17.8 Å². The third-order valence-corrected chi connectivity index (χ3v) is 4.37. The van der Waals surface area contributed by atoms with Crippen molar-refractivity contribution in [3.05, 3.63) is 11.8 Å². The molecule has 0 spiro atoms. The van der Waals surface area contributed by atoms with Gasteiger partial charge in [-0.05, 0) is 33.1 Å². The van der Waals surface area contributed by atoms with Crippen LogP contribution < -0.4 is 10.6 Å². The van der Waals surface area contributed by atoms with Gasteiger partial charge in [-0.25, -0.2) is 4.79 Å². The van der Waals surface area contributed by atoms with Gasteiger partial charge in [0.15, 0.2) is 5.82 Å². The molecule has 1 saturated carbocycles. The van der Waals surface area contributed by atoms with E-state index in [1.54, 1.807) is 13.0 Å². The fraction of sp³-hybridized carbons (Fsp3) is 0.722. The lowest BCUT2D eigenvalue weighted by Gasteiger charge is -2.28. The van der Waals surface area contributed by atoms with Crippen LogP contribution in [0.4, 0.5) is 10.6 Å². The maximum absolute atomic E-state index is 12.6. The van der Waals surface area contributed by atoms with Crippen LogP contribution in [0, 0.1) is 6.92 Å². The van der Waals surface area contributed by atoms with Crippen LogP contribution in [-0.4, -0.2) is 54.3 Å². The summed E-state index contributed by atoms with van der Waals surface area (Å²) in [6.45, 7) is 5.32. The zero-order valence-corrected chi connectivity index (χ0v) is 15.8. The molecule has 0 saturated heterocycles. The van der Waals surface area contributed by atoms with E-state index in [1.165, 1.54) is 11.3 Å². The molecule has 0 atom stereocenters. The Balaban J connectivity index is 1.87. The third kappa shape index (κ3) is 7.03. The number of hydrogen-bond donors (Lipinski definition) is 2. The summed E-state index contributed by atoms with van der Waals surface area (Å²) < 4.78 is 10.3. The maximum Gasteiger partial charge on any atom is 0.318 e. The molecule has 0 unspecified atom stereocenters. The van der Waals surface area contributed by atoms with Crippen molar-refractivity contribution in [2.45, 2.75) is 58.4 Å². The molecule has 1 fully saturated rings. The highest BCUT2D eigenvalue weighted by Gasteiger charge is 2.22. The van der Waals surface area contributed by atoms with E-state index in [0.717, 1.165) is 25.7 Å². The minimum Gasteiger partial charge on any atom is -0.382 e. The largest absolute Gasteiger partial charge is 0.382 e. The Bertz CT molecular complexity index is 569. The summed E-state index contributed by atoms with van der Waals surface area (Å²) in [6.07, 6.45) is 6.20. The molecule has 0 aromatic carbocycles. The second-order valence-electron chi connectivity index (χ2n) is 6.63. The lowest BCUT2D eigenvalue weighted by atomic mass is 9.96. The van der Waals surface area contributed by atoms with Gasteiger partial charge < -0.3 is 24.8 Å². The normalized spacial score (nSPS) is 14.8. The molecule has 1 aliphatic rings. The molecule has 146 valence electrons. The van der Waals surface area contributed by atoms with E-state index in [9.17, 15) is 9.59 Å². The molecule has 1 aliphatic carbocycles. The molecular weight excluding hydrogens is 336 g/mol. The highest BCUT2D eigenvalue weighted by atomic mass is 16.5. The Labute approximate surface area is 154 Å². The van der Waals surface area contributed by atoms with Crippen LogP contribution in [-0.2, 0) is 9.53 Å². The zero-order valence-electron chi connectivity index (χ0n) is 15.8. The SMILES string of the molecule is CCOCCCN(CC(=O)Nc1cc(C)on1)C(=O)NC1CCCCC1. The number of rotatable bonds is 9. The Morgan fingerprint density at radius 2 is 2.12 bits per heavy atom. The van der Waals surface area contributed by atoms with Gasteiger partial charge in [0.25, 0.3) is 0 Å². The summed E-state index contributed by atoms with van der Waals surface area (Å²) in [4.78, 5) is 26.4. The Morgan fingerprint density at radius 3 is 2.77 bits per heavy atom. The maximum atomic E-state index is 12.6. The van der Waals surface area contributed by atoms with Gasteiger partial charge in [0.2, 0.25) is 5.91 Å². The Kier molecular flexibility index (Phi) is 8.40. The molecule has 26 heavy (non-hydrogen) atoms. The number of urea groups is 1. The van der Waals surface area contributed by atoms with Crippen molar-refractivity contribution in [1.82, 2.24) is 15.4 Å². The molecule has 0 bridgehead atoms. The van der Waals surface area contributed by atoms with Crippen LogP contribution in [0.2, 0.25) is 0 Å². The second-order valence-corrected chi connectivity index (χ2v) is 6.63. The average molecular weight is 366 g/mol. The van der Waals surface area contributed by atoms with E-state index in [1.807, 2.05) is 6.92 Å². The van der Waals surface area contributed by atoms with E-state index < -0.39 is 0 Å². The average Bonchev–Trinajstić information content (AvgIpc) is 3.03. The monoisotopic (exact) mass is 366 g/mol. The van der Waals surface area contributed by atoms with Gasteiger partial charge >= 0.3 is 6.03 Å². The quantitative estimate of drug-likeness (QED) is 0.655. The van der Waals surface area contributed by atoms with E-state index in [4.69, 9.17) is 9.26 Å². The summed E-state index contributed by atoms with van der Waals surface area (Å²) >= 11 is 0. The standard InChI is InChI=1S/C18H30N4O4/c1-3-25-11-7-10-22(18(24)19-15-8-5-4-6-9-15)13-17(23)20-16-12-14(2)26-21-16/h12,15H,3-11,13H2,1-2H3,(H,19,24)(H,20,21,23). The lowest BCUT2D eigenvalue weighted by Crippen LogP contribution is -2.48. The van der Waals surface area contributed by atoms with Crippen LogP contribution in [0.3, 0.4) is 0 Å². The van der Waals surface area contributed by atoms with Crippen LogP contribution >= 0.6 is 0 Å². The summed E-state index contributed by atoms with van der Waals surface area (Å²) in [7, 11) is 0. The first-order valence-corrected chi connectivity index (χ1v) is 9.45. The van der Waals surface area contributed by atoms with Crippen LogP contribution in [0.5, 0.6) is 0 Å². The van der Waals surface area contributed by atoms with Crippen molar-refractivity contribution < 1.29 is 18.8 Å². The molecule has 1 aromatic rings. The number of carbonyl (C=O) groups is 2. The van der Waals surface area contributed by atoms with Gasteiger partial charge in [-0.3, -0.25) is 4.79 Å². The summed E-state index contributed by atoms with van der Waals surface area (Å²) in [5.41, 5.74) is 0. The summed E-state index contributed by atoms with van der Waals surface area (Å²) in [5.74, 6) is 0.673. The Morgan fingerprint density at radius 1 is 1.35 bits per heavy atom. The molecule has 2 rings (SSSR count). The van der Waals surface area contributed by atoms with Gasteiger partial charge in [-0.2, -0.15) is 0 Å². The molecular formula is C18H30N4O4. The van der Waals surface area contributed by atoms with Crippen molar-refractivity contribution in [1.29, 1.82) is 0 Å². The first-order valence-electron chi connectivity index (χ1n) is 9.45. The number of carbonyl (C=O) groups excluding carboxylic acids is 2. The number of nitrogens with one attached hydrogen (secondary N) is 2. The third-order valence-electron chi connectivity index (χ3n) is 4.37. The van der Waals surface area contributed by atoms with Gasteiger partial charge in [0, 0.05) is 31.9 Å². The zero-order chi connectivity index (χ0) is 18.8. The number of ether oxygens (including phenoxy) is 1.